The van der Waals surface area contributed by atoms with E-state index in [2.05, 4.69) is 20.7 Å². The van der Waals surface area contributed by atoms with E-state index in [9.17, 15) is 4.79 Å². The number of nitrogens with one attached hydrogen (secondary N) is 2. The molecule has 2 aromatic heterocycles. The number of amides is 1. The second kappa shape index (κ2) is 6.90. The molecule has 8 heteroatoms. The van der Waals surface area contributed by atoms with Gasteiger partial charge in [-0.1, -0.05) is 29.3 Å². The summed E-state index contributed by atoms with van der Waals surface area (Å²) in [5, 5.41) is 11.5. The molecule has 1 aromatic carbocycles. The molecule has 3 rings (SSSR count). The Morgan fingerprint density at radius 2 is 2.12 bits per heavy atom. The number of hydrogen-bond donors (Lipinski definition) is 2. The highest BCUT2D eigenvalue weighted by Crippen LogP contribution is 2.21. The Morgan fingerprint density at radius 1 is 1.29 bits per heavy atom. The molecule has 2 heterocycles. The van der Waals surface area contributed by atoms with E-state index in [1.807, 2.05) is 13.0 Å². The van der Waals surface area contributed by atoms with Crippen molar-refractivity contribution >= 4 is 35.3 Å². The Kier molecular flexibility index (Phi) is 4.69. The van der Waals surface area contributed by atoms with Crippen LogP contribution in [0.1, 0.15) is 21.8 Å². The van der Waals surface area contributed by atoms with Crippen molar-refractivity contribution in [2.24, 2.45) is 5.10 Å². The predicted molar refractivity (Wildman–Crippen MR) is 92.5 cm³/mol. The highest BCUT2D eigenvalue weighted by atomic mass is 35.5. The summed E-state index contributed by atoms with van der Waals surface area (Å²) in [7, 11) is 0. The SMILES string of the molecule is Cc1ccc(-c2cc(C(=O)N/N=C/c3ccc(Cl)cc3Cl)n[nH]2)o1. The molecule has 0 bridgehead atoms. The largest absolute Gasteiger partial charge is 0.460 e. The number of aryl methyl sites for hydroxylation is 1. The highest BCUT2D eigenvalue weighted by Gasteiger charge is 2.12. The number of hydrazone groups is 1. The van der Waals surface area contributed by atoms with E-state index in [4.69, 9.17) is 27.6 Å². The van der Waals surface area contributed by atoms with Crippen LogP contribution in [0.2, 0.25) is 10.0 Å². The maximum Gasteiger partial charge on any atom is 0.291 e. The van der Waals surface area contributed by atoms with Crippen molar-refractivity contribution in [3.05, 3.63) is 63.5 Å². The molecule has 122 valence electrons. The lowest BCUT2D eigenvalue weighted by Gasteiger charge is -1.98. The lowest BCUT2D eigenvalue weighted by Crippen LogP contribution is -2.18. The lowest BCUT2D eigenvalue weighted by atomic mass is 10.2. The van der Waals surface area contributed by atoms with Crippen LogP contribution in [0.3, 0.4) is 0 Å². The molecule has 1 amide bonds. The van der Waals surface area contributed by atoms with Gasteiger partial charge in [-0.25, -0.2) is 5.43 Å². The third kappa shape index (κ3) is 3.67. The topological polar surface area (TPSA) is 83.3 Å². The number of halogens is 2. The first-order valence-corrected chi connectivity index (χ1v) is 7.69. The van der Waals surface area contributed by atoms with Gasteiger partial charge in [0.25, 0.3) is 5.91 Å². The number of H-pyrrole nitrogens is 1. The van der Waals surface area contributed by atoms with Crippen LogP contribution < -0.4 is 5.43 Å². The molecule has 0 atom stereocenters. The second-order valence-electron chi connectivity index (χ2n) is 4.94. The monoisotopic (exact) mass is 362 g/mol. The van der Waals surface area contributed by atoms with Gasteiger partial charge in [-0.15, -0.1) is 0 Å². The van der Waals surface area contributed by atoms with Gasteiger partial charge < -0.3 is 4.42 Å². The van der Waals surface area contributed by atoms with Gasteiger partial charge in [0.15, 0.2) is 11.5 Å². The number of nitrogens with zero attached hydrogens (tertiary/aromatic N) is 2. The van der Waals surface area contributed by atoms with Crippen molar-refractivity contribution < 1.29 is 9.21 Å². The molecule has 0 radical (unpaired) electrons. The van der Waals surface area contributed by atoms with E-state index in [-0.39, 0.29) is 5.69 Å². The number of carbonyl (C=O) groups excluding carboxylic acids is 1. The van der Waals surface area contributed by atoms with Gasteiger partial charge in [0, 0.05) is 16.7 Å². The lowest BCUT2D eigenvalue weighted by molar-refractivity contribution is 0.0950. The van der Waals surface area contributed by atoms with Crippen molar-refractivity contribution in [1.29, 1.82) is 0 Å². The number of aromatic amines is 1. The molecule has 0 unspecified atom stereocenters. The van der Waals surface area contributed by atoms with E-state index in [1.54, 1.807) is 30.3 Å². The van der Waals surface area contributed by atoms with Gasteiger partial charge in [0.2, 0.25) is 0 Å². The zero-order valence-electron chi connectivity index (χ0n) is 12.5. The van der Waals surface area contributed by atoms with E-state index in [0.29, 0.717) is 27.1 Å². The summed E-state index contributed by atoms with van der Waals surface area (Å²) in [5.74, 6) is 0.924. The number of aromatic nitrogens is 2. The second-order valence-corrected chi connectivity index (χ2v) is 5.79. The van der Waals surface area contributed by atoms with Gasteiger partial charge in [-0.05, 0) is 31.2 Å². The molecule has 0 saturated heterocycles. The van der Waals surface area contributed by atoms with Crippen molar-refractivity contribution in [3.63, 3.8) is 0 Å². The van der Waals surface area contributed by atoms with E-state index >= 15 is 0 Å². The summed E-state index contributed by atoms with van der Waals surface area (Å²) in [5.41, 5.74) is 3.82. The van der Waals surface area contributed by atoms with Gasteiger partial charge in [-0.3, -0.25) is 9.89 Å². The van der Waals surface area contributed by atoms with Crippen molar-refractivity contribution in [2.75, 3.05) is 0 Å². The van der Waals surface area contributed by atoms with Crippen LogP contribution in [0, 0.1) is 6.92 Å². The standard InChI is InChI=1S/C16H12Cl2N4O2/c1-9-2-5-15(24-9)13-7-14(21-20-13)16(23)22-19-8-10-3-4-11(17)6-12(10)18/h2-8H,1H3,(H,20,21)(H,22,23)/b19-8+. The fraction of sp³-hybridized carbons (Fsp3) is 0.0625. The Balaban J connectivity index is 1.67. The maximum atomic E-state index is 12.0. The molecule has 0 saturated carbocycles. The first-order valence-electron chi connectivity index (χ1n) is 6.93. The summed E-state index contributed by atoms with van der Waals surface area (Å²) in [6.45, 7) is 1.84. The highest BCUT2D eigenvalue weighted by molar-refractivity contribution is 6.36. The first kappa shape index (κ1) is 16.3. The van der Waals surface area contributed by atoms with Crippen LogP contribution in [-0.4, -0.2) is 22.3 Å². The molecule has 24 heavy (non-hydrogen) atoms. The molecule has 0 aliphatic heterocycles. The zero-order chi connectivity index (χ0) is 17.1. The fourth-order valence-electron chi connectivity index (χ4n) is 1.97. The number of furan rings is 1. The van der Waals surface area contributed by atoms with Crippen molar-refractivity contribution in [2.45, 2.75) is 6.92 Å². The maximum absolute atomic E-state index is 12.0. The Hall–Kier alpha value is -2.57. The summed E-state index contributed by atoms with van der Waals surface area (Å²) in [4.78, 5) is 12.0. The van der Waals surface area contributed by atoms with Crippen LogP contribution >= 0.6 is 23.2 Å². The third-order valence-corrected chi connectivity index (χ3v) is 3.71. The number of benzene rings is 1. The third-order valence-electron chi connectivity index (χ3n) is 3.15. The van der Waals surface area contributed by atoms with Crippen LogP contribution in [0.5, 0.6) is 0 Å². The Labute approximate surface area is 147 Å². The van der Waals surface area contributed by atoms with Crippen LogP contribution in [0.4, 0.5) is 0 Å². The molecule has 3 aromatic rings. The Morgan fingerprint density at radius 3 is 2.83 bits per heavy atom. The summed E-state index contributed by atoms with van der Waals surface area (Å²) in [6, 6.07) is 10.2. The molecule has 2 N–H and O–H groups in total. The van der Waals surface area contributed by atoms with Crippen LogP contribution in [-0.2, 0) is 0 Å². The fourth-order valence-corrected chi connectivity index (χ4v) is 2.42. The van der Waals surface area contributed by atoms with Crippen LogP contribution in [0.15, 0.2) is 45.9 Å². The zero-order valence-corrected chi connectivity index (χ0v) is 14.0. The Bertz CT molecular complexity index is 914. The van der Waals surface area contributed by atoms with Gasteiger partial charge in [0.1, 0.15) is 11.5 Å². The molecule has 0 aliphatic carbocycles. The summed E-state index contributed by atoms with van der Waals surface area (Å²) < 4.78 is 5.47. The molecule has 0 spiro atoms. The van der Waals surface area contributed by atoms with Crippen LogP contribution in [0.25, 0.3) is 11.5 Å². The number of carbonyl (C=O) groups is 1. The van der Waals surface area contributed by atoms with E-state index in [0.717, 1.165) is 5.76 Å². The summed E-state index contributed by atoms with van der Waals surface area (Å²) >= 11 is 11.8. The normalized spacial score (nSPS) is 11.1. The quantitative estimate of drug-likeness (QED) is 0.542. The number of rotatable bonds is 4. The first-order chi connectivity index (χ1) is 11.5. The molecular formula is C16H12Cl2N4O2. The average molecular weight is 363 g/mol. The molecule has 6 nitrogen and oxygen atoms in total. The molecule has 0 aliphatic rings. The smallest absolute Gasteiger partial charge is 0.291 e. The minimum absolute atomic E-state index is 0.193. The number of hydrogen-bond acceptors (Lipinski definition) is 4. The van der Waals surface area contributed by atoms with E-state index < -0.39 is 5.91 Å². The average Bonchev–Trinajstić information content (AvgIpc) is 3.18. The predicted octanol–water partition coefficient (Wildman–Crippen LogP) is 4.05. The van der Waals surface area contributed by atoms with Gasteiger partial charge in [-0.2, -0.15) is 10.2 Å². The van der Waals surface area contributed by atoms with Gasteiger partial charge >= 0.3 is 0 Å². The van der Waals surface area contributed by atoms with E-state index in [1.165, 1.54) is 6.21 Å². The summed E-state index contributed by atoms with van der Waals surface area (Å²) in [6.07, 6.45) is 1.43. The van der Waals surface area contributed by atoms with Crippen molar-refractivity contribution in [1.82, 2.24) is 15.6 Å². The van der Waals surface area contributed by atoms with Gasteiger partial charge in [0.05, 0.1) is 11.2 Å². The molecule has 0 fully saturated rings. The molecular weight excluding hydrogens is 351 g/mol. The van der Waals surface area contributed by atoms with Crippen molar-refractivity contribution in [3.8, 4) is 11.5 Å². The minimum atomic E-state index is -0.456. The minimum Gasteiger partial charge on any atom is -0.460 e.